The smallest absolute Gasteiger partial charge is 0.304 e. The van der Waals surface area contributed by atoms with Crippen molar-refractivity contribution < 1.29 is 9.72 Å². The van der Waals surface area contributed by atoms with Crippen molar-refractivity contribution in [3.05, 3.63) is 33.9 Å². The van der Waals surface area contributed by atoms with Crippen LogP contribution in [0.25, 0.3) is 0 Å². The SMILES string of the molecule is CCN(CC1CC1)C(=O)c1cccc(N)c1[N+](=O)[O-]. The number of hydrogen-bond acceptors (Lipinski definition) is 4. The Kier molecular flexibility index (Phi) is 3.69. The van der Waals surface area contributed by atoms with Gasteiger partial charge in [0.1, 0.15) is 11.3 Å². The summed E-state index contributed by atoms with van der Waals surface area (Å²) in [5.74, 6) is 0.234. The molecule has 2 N–H and O–H groups in total. The van der Waals surface area contributed by atoms with E-state index in [9.17, 15) is 14.9 Å². The summed E-state index contributed by atoms with van der Waals surface area (Å²) in [7, 11) is 0. The summed E-state index contributed by atoms with van der Waals surface area (Å²) in [6.07, 6.45) is 2.26. The number of para-hydroxylation sites is 1. The minimum atomic E-state index is -0.590. The highest BCUT2D eigenvalue weighted by Crippen LogP contribution is 2.31. The van der Waals surface area contributed by atoms with E-state index in [4.69, 9.17) is 5.73 Å². The topological polar surface area (TPSA) is 89.5 Å². The van der Waals surface area contributed by atoms with Crippen molar-refractivity contribution >= 4 is 17.3 Å². The zero-order valence-electron chi connectivity index (χ0n) is 10.8. The van der Waals surface area contributed by atoms with Crippen LogP contribution in [-0.2, 0) is 0 Å². The minimum absolute atomic E-state index is 0.0262. The zero-order valence-corrected chi connectivity index (χ0v) is 10.8. The van der Waals surface area contributed by atoms with Crippen LogP contribution in [0, 0.1) is 16.0 Å². The lowest BCUT2D eigenvalue weighted by atomic mass is 10.1. The molecule has 1 aliphatic carbocycles. The van der Waals surface area contributed by atoms with Gasteiger partial charge >= 0.3 is 5.69 Å². The second-order valence-electron chi connectivity index (χ2n) is 4.79. The number of nitrogens with zero attached hydrogens (tertiary/aromatic N) is 2. The second kappa shape index (κ2) is 5.26. The standard InChI is InChI=1S/C13H17N3O3/c1-2-15(8-9-6-7-9)13(17)10-4-3-5-11(14)12(10)16(18)19/h3-5,9H,2,6-8,14H2,1H3. The molecule has 1 aromatic rings. The Bertz CT molecular complexity index is 512. The van der Waals surface area contributed by atoms with E-state index in [2.05, 4.69) is 0 Å². The lowest BCUT2D eigenvalue weighted by Crippen LogP contribution is -2.33. The first-order valence-electron chi connectivity index (χ1n) is 6.36. The van der Waals surface area contributed by atoms with Crippen molar-refractivity contribution in [1.82, 2.24) is 4.90 Å². The average Bonchev–Trinajstić information content (AvgIpc) is 3.18. The summed E-state index contributed by atoms with van der Waals surface area (Å²) in [5.41, 5.74) is 5.42. The normalized spacial score (nSPS) is 14.2. The van der Waals surface area contributed by atoms with Crippen LogP contribution in [0.1, 0.15) is 30.1 Å². The highest BCUT2D eigenvalue weighted by atomic mass is 16.6. The molecular weight excluding hydrogens is 246 g/mol. The third-order valence-electron chi connectivity index (χ3n) is 3.32. The van der Waals surface area contributed by atoms with Crippen LogP contribution in [0.2, 0.25) is 0 Å². The summed E-state index contributed by atoms with van der Waals surface area (Å²) in [6, 6.07) is 4.47. The van der Waals surface area contributed by atoms with E-state index >= 15 is 0 Å². The molecule has 1 fully saturated rings. The van der Waals surface area contributed by atoms with E-state index in [1.54, 1.807) is 11.0 Å². The van der Waals surface area contributed by atoms with E-state index < -0.39 is 4.92 Å². The van der Waals surface area contributed by atoms with Gasteiger partial charge in [-0.3, -0.25) is 14.9 Å². The number of nitro groups is 1. The van der Waals surface area contributed by atoms with Crippen molar-refractivity contribution in [2.45, 2.75) is 19.8 Å². The number of benzene rings is 1. The van der Waals surface area contributed by atoms with Crippen molar-refractivity contribution in [2.24, 2.45) is 5.92 Å². The molecule has 2 rings (SSSR count). The van der Waals surface area contributed by atoms with Gasteiger partial charge in [0.15, 0.2) is 0 Å². The summed E-state index contributed by atoms with van der Waals surface area (Å²) in [5, 5.41) is 11.0. The number of rotatable bonds is 5. The van der Waals surface area contributed by atoms with E-state index in [1.807, 2.05) is 6.92 Å². The molecule has 1 aliphatic rings. The van der Waals surface area contributed by atoms with Crippen LogP contribution in [-0.4, -0.2) is 28.8 Å². The summed E-state index contributed by atoms with van der Waals surface area (Å²) < 4.78 is 0. The average molecular weight is 263 g/mol. The lowest BCUT2D eigenvalue weighted by Gasteiger charge is -2.20. The summed E-state index contributed by atoms with van der Waals surface area (Å²) in [6.45, 7) is 3.08. The molecule has 1 saturated carbocycles. The number of hydrogen-bond donors (Lipinski definition) is 1. The summed E-state index contributed by atoms with van der Waals surface area (Å²) >= 11 is 0. The Labute approximate surface area is 111 Å². The number of nitrogen functional groups attached to an aromatic ring is 1. The third kappa shape index (κ3) is 2.83. The quantitative estimate of drug-likeness (QED) is 0.500. The molecule has 0 bridgehead atoms. The number of carbonyl (C=O) groups is 1. The van der Waals surface area contributed by atoms with Crippen LogP contribution in [0.15, 0.2) is 18.2 Å². The Morgan fingerprint density at radius 3 is 2.74 bits per heavy atom. The second-order valence-corrected chi connectivity index (χ2v) is 4.79. The van der Waals surface area contributed by atoms with Gasteiger partial charge in [-0.1, -0.05) is 6.07 Å². The molecule has 6 heteroatoms. The number of carbonyl (C=O) groups excluding carboxylic acids is 1. The van der Waals surface area contributed by atoms with Gasteiger partial charge in [0.25, 0.3) is 5.91 Å². The Balaban J connectivity index is 2.31. The van der Waals surface area contributed by atoms with Crippen LogP contribution >= 0.6 is 0 Å². The molecule has 0 saturated heterocycles. The first-order valence-corrected chi connectivity index (χ1v) is 6.36. The Morgan fingerprint density at radius 1 is 1.53 bits per heavy atom. The van der Waals surface area contributed by atoms with Crippen molar-refractivity contribution in [3.8, 4) is 0 Å². The summed E-state index contributed by atoms with van der Waals surface area (Å²) in [4.78, 5) is 24.5. The molecule has 0 spiro atoms. The predicted octanol–water partition coefficient (Wildman–Crippen LogP) is 2.05. The number of nitro benzene ring substituents is 1. The third-order valence-corrected chi connectivity index (χ3v) is 3.32. The molecule has 0 atom stereocenters. The molecule has 0 heterocycles. The fourth-order valence-corrected chi connectivity index (χ4v) is 2.08. The Hall–Kier alpha value is -2.11. The van der Waals surface area contributed by atoms with Crippen LogP contribution in [0.4, 0.5) is 11.4 Å². The largest absolute Gasteiger partial charge is 0.393 e. The van der Waals surface area contributed by atoms with E-state index in [0.29, 0.717) is 19.0 Å². The monoisotopic (exact) mass is 263 g/mol. The molecule has 102 valence electrons. The highest BCUT2D eigenvalue weighted by molar-refractivity contribution is 6.00. The van der Waals surface area contributed by atoms with Gasteiger partial charge in [0.2, 0.25) is 0 Å². The van der Waals surface area contributed by atoms with E-state index in [0.717, 1.165) is 12.8 Å². The molecule has 1 amide bonds. The van der Waals surface area contributed by atoms with Crippen molar-refractivity contribution in [3.63, 3.8) is 0 Å². The van der Waals surface area contributed by atoms with Gasteiger partial charge in [-0.2, -0.15) is 0 Å². The van der Waals surface area contributed by atoms with Crippen LogP contribution in [0.3, 0.4) is 0 Å². The van der Waals surface area contributed by atoms with E-state index in [1.165, 1.54) is 12.1 Å². The molecular formula is C13H17N3O3. The number of nitrogens with two attached hydrogens (primary N) is 1. The minimum Gasteiger partial charge on any atom is -0.393 e. The molecule has 0 radical (unpaired) electrons. The number of anilines is 1. The van der Waals surface area contributed by atoms with Crippen LogP contribution in [0.5, 0.6) is 0 Å². The molecule has 6 nitrogen and oxygen atoms in total. The molecule has 0 unspecified atom stereocenters. The van der Waals surface area contributed by atoms with Gasteiger partial charge in [-0.05, 0) is 37.8 Å². The fourth-order valence-electron chi connectivity index (χ4n) is 2.08. The fraction of sp³-hybridized carbons (Fsp3) is 0.462. The maximum Gasteiger partial charge on any atom is 0.304 e. The van der Waals surface area contributed by atoms with Crippen molar-refractivity contribution in [2.75, 3.05) is 18.8 Å². The van der Waals surface area contributed by atoms with E-state index in [-0.39, 0.29) is 22.8 Å². The molecule has 19 heavy (non-hydrogen) atoms. The van der Waals surface area contributed by atoms with Gasteiger partial charge in [0, 0.05) is 13.1 Å². The first-order chi connectivity index (χ1) is 9.04. The molecule has 0 aromatic heterocycles. The van der Waals surface area contributed by atoms with Gasteiger partial charge in [-0.15, -0.1) is 0 Å². The molecule has 1 aromatic carbocycles. The maximum absolute atomic E-state index is 12.4. The molecule has 0 aliphatic heterocycles. The number of amides is 1. The zero-order chi connectivity index (χ0) is 14.0. The van der Waals surface area contributed by atoms with Crippen LogP contribution < -0.4 is 5.73 Å². The maximum atomic E-state index is 12.4. The predicted molar refractivity (Wildman–Crippen MR) is 71.8 cm³/mol. The van der Waals surface area contributed by atoms with Gasteiger partial charge in [-0.25, -0.2) is 0 Å². The lowest BCUT2D eigenvalue weighted by molar-refractivity contribution is -0.384. The highest BCUT2D eigenvalue weighted by Gasteiger charge is 2.30. The van der Waals surface area contributed by atoms with Crippen molar-refractivity contribution in [1.29, 1.82) is 0 Å². The van der Waals surface area contributed by atoms with Gasteiger partial charge < -0.3 is 10.6 Å². The Morgan fingerprint density at radius 2 is 2.21 bits per heavy atom. The van der Waals surface area contributed by atoms with Gasteiger partial charge in [0.05, 0.1) is 4.92 Å². The first kappa shape index (κ1) is 13.3.